The Hall–Kier alpha value is -3.35. The number of ether oxygens (including phenoxy) is 1. The molecular weight excluding hydrogens is 366 g/mol. The van der Waals surface area contributed by atoms with Crippen molar-refractivity contribution in [2.75, 3.05) is 0 Å². The van der Waals surface area contributed by atoms with Crippen molar-refractivity contribution in [1.29, 1.82) is 0 Å². The molecule has 1 fully saturated rings. The summed E-state index contributed by atoms with van der Waals surface area (Å²) in [6, 6.07) is 8.32. The number of aromatic hydroxyl groups is 1. The molecule has 3 heterocycles. The molecule has 7 nitrogen and oxygen atoms in total. The van der Waals surface area contributed by atoms with Gasteiger partial charge in [0.05, 0.1) is 17.8 Å². The number of rotatable bonds is 5. The van der Waals surface area contributed by atoms with Crippen molar-refractivity contribution >= 4 is 10.9 Å². The standard InChI is InChI=1S/C22H23N5O2/c1-14-18(11-26(2)25-14)16-8-6-15(7-9-16)10-27-12-19-20(22(27)28)21(24-13-23-19)29-17-4-3-5-17/h6-9,11-13,17,28H,3-5,10H2,1-2H3. The minimum absolute atomic E-state index is 0.141. The number of fused-ring (bicyclic) bond motifs is 1. The van der Waals surface area contributed by atoms with Crippen LogP contribution in [0.4, 0.5) is 0 Å². The summed E-state index contributed by atoms with van der Waals surface area (Å²) in [4.78, 5) is 8.55. The summed E-state index contributed by atoms with van der Waals surface area (Å²) in [5.41, 5.74) is 5.03. The van der Waals surface area contributed by atoms with Gasteiger partial charge in [0.2, 0.25) is 11.8 Å². The number of nitrogens with zero attached hydrogens (tertiary/aromatic N) is 5. The zero-order valence-electron chi connectivity index (χ0n) is 16.5. The molecule has 1 aliphatic carbocycles. The smallest absolute Gasteiger partial charge is 0.230 e. The zero-order valence-corrected chi connectivity index (χ0v) is 16.5. The monoisotopic (exact) mass is 389 g/mol. The highest BCUT2D eigenvalue weighted by Crippen LogP contribution is 2.35. The Balaban J connectivity index is 1.42. The third kappa shape index (κ3) is 3.22. The summed E-state index contributed by atoms with van der Waals surface area (Å²) < 4.78 is 9.57. The fourth-order valence-electron chi connectivity index (χ4n) is 3.77. The van der Waals surface area contributed by atoms with Gasteiger partial charge in [-0.15, -0.1) is 0 Å². The highest BCUT2D eigenvalue weighted by atomic mass is 16.5. The first-order chi connectivity index (χ1) is 14.1. The predicted octanol–water partition coefficient (Wildman–Crippen LogP) is 3.83. The molecular formula is C22H23N5O2. The third-order valence-electron chi connectivity index (χ3n) is 5.58. The molecule has 3 aromatic heterocycles. The lowest BCUT2D eigenvalue weighted by molar-refractivity contribution is 0.116. The Bertz CT molecular complexity index is 1170. The fourth-order valence-corrected chi connectivity index (χ4v) is 3.77. The van der Waals surface area contributed by atoms with E-state index in [0.717, 1.165) is 35.2 Å². The molecule has 0 atom stereocenters. The molecule has 0 unspecified atom stereocenters. The van der Waals surface area contributed by atoms with Gasteiger partial charge in [-0.3, -0.25) is 4.68 Å². The zero-order chi connectivity index (χ0) is 20.0. The number of hydrogen-bond acceptors (Lipinski definition) is 5. The van der Waals surface area contributed by atoms with Crippen LogP contribution in [0, 0.1) is 6.92 Å². The van der Waals surface area contributed by atoms with E-state index in [-0.39, 0.29) is 12.0 Å². The van der Waals surface area contributed by atoms with E-state index in [1.165, 1.54) is 12.7 Å². The van der Waals surface area contributed by atoms with Gasteiger partial charge < -0.3 is 14.4 Å². The van der Waals surface area contributed by atoms with E-state index in [4.69, 9.17) is 4.74 Å². The molecule has 29 heavy (non-hydrogen) atoms. The summed E-state index contributed by atoms with van der Waals surface area (Å²) in [6.45, 7) is 2.55. The van der Waals surface area contributed by atoms with Crippen LogP contribution in [0.2, 0.25) is 0 Å². The molecule has 1 aromatic carbocycles. The summed E-state index contributed by atoms with van der Waals surface area (Å²) in [5, 5.41) is 15.8. The summed E-state index contributed by atoms with van der Waals surface area (Å²) in [5.74, 6) is 0.612. The summed E-state index contributed by atoms with van der Waals surface area (Å²) >= 11 is 0. The lowest BCUT2D eigenvalue weighted by Crippen LogP contribution is -2.25. The topological polar surface area (TPSA) is 78.0 Å². The summed E-state index contributed by atoms with van der Waals surface area (Å²) in [7, 11) is 1.93. The largest absolute Gasteiger partial charge is 0.494 e. The Morgan fingerprint density at radius 2 is 1.93 bits per heavy atom. The fraction of sp³-hybridized carbons (Fsp3) is 0.318. The van der Waals surface area contributed by atoms with E-state index < -0.39 is 0 Å². The molecule has 0 radical (unpaired) electrons. The van der Waals surface area contributed by atoms with Crippen LogP contribution in [0.25, 0.3) is 22.0 Å². The predicted molar refractivity (Wildman–Crippen MR) is 110 cm³/mol. The molecule has 1 aliphatic rings. The van der Waals surface area contributed by atoms with E-state index in [2.05, 4.69) is 39.3 Å². The quantitative estimate of drug-likeness (QED) is 0.561. The Morgan fingerprint density at radius 3 is 2.59 bits per heavy atom. The van der Waals surface area contributed by atoms with E-state index in [9.17, 15) is 5.11 Å². The van der Waals surface area contributed by atoms with Gasteiger partial charge in [-0.1, -0.05) is 24.3 Å². The van der Waals surface area contributed by atoms with Crippen molar-refractivity contribution in [3.63, 3.8) is 0 Å². The van der Waals surface area contributed by atoms with Crippen molar-refractivity contribution in [2.45, 2.75) is 38.8 Å². The molecule has 4 aromatic rings. The second kappa shape index (κ2) is 6.92. The first kappa shape index (κ1) is 17.7. The van der Waals surface area contributed by atoms with Crippen molar-refractivity contribution in [2.24, 2.45) is 7.05 Å². The second-order valence-electron chi connectivity index (χ2n) is 7.69. The highest BCUT2D eigenvalue weighted by Gasteiger charge is 2.23. The summed E-state index contributed by atoms with van der Waals surface area (Å²) in [6.07, 6.45) is 8.81. The molecule has 1 saturated carbocycles. The lowest BCUT2D eigenvalue weighted by Gasteiger charge is -2.25. The van der Waals surface area contributed by atoms with Gasteiger partial charge in [-0.05, 0) is 37.3 Å². The van der Waals surface area contributed by atoms with Crippen LogP contribution in [0.1, 0.15) is 30.5 Å². The minimum Gasteiger partial charge on any atom is -0.494 e. The van der Waals surface area contributed by atoms with Crippen LogP contribution in [-0.2, 0) is 13.6 Å². The number of benzene rings is 1. The molecule has 148 valence electrons. The van der Waals surface area contributed by atoms with Crippen molar-refractivity contribution in [3.8, 4) is 22.9 Å². The van der Waals surface area contributed by atoms with Crippen molar-refractivity contribution < 1.29 is 9.84 Å². The Morgan fingerprint density at radius 1 is 1.14 bits per heavy atom. The van der Waals surface area contributed by atoms with E-state index >= 15 is 0 Å². The van der Waals surface area contributed by atoms with Crippen LogP contribution < -0.4 is 4.74 Å². The van der Waals surface area contributed by atoms with Gasteiger partial charge in [0, 0.05) is 25.0 Å². The van der Waals surface area contributed by atoms with Crippen LogP contribution in [0.15, 0.2) is 43.0 Å². The van der Waals surface area contributed by atoms with E-state index in [1.54, 1.807) is 4.57 Å². The van der Waals surface area contributed by atoms with Gasteiger partial charge in [0.15, 0.2) is 0 Å². The first-order valence-electron chi connectivity index (χ1n) is 9.87. The number of aromatic nitrogens is 5. The molecule has 0 saturated heterocycles. The Kier molecular flexibility index (Phi) is 4.23. The Labute approximate surface area is 168 Å². The number of hydrogen-bond donors (Lipinski definition) is 1. The van der Waals surface area contributed by atoms with Crippen molar-refractivity contribution in [1.82, 2.24) is 24.3 Å². The van der Waals surface area contributed by atoms with Crippen LogP contribution in [0.3, 0.4) is 0 Å². The third-order valence-corrected chi connectivity index (χ3v) is 5.58. The molecule has 0 aliphatic heterocycles. The molecule has 0 spiro atoms. The van der Waals surface area contributed by atoms with Crippen LogP contribution in [-0.4, -0.2) is 35.5 Å². The van der Waals surface area contributed by atoms with Gasteiger partial charge in [0.25, 0.3) is 0 Å². The molecule has 5 rings (SSSR count). The van der Waals surface area contributed by atoms with Crippen LogP contribution in [0.5, 0.6) is 11.8 Å². The van der Waals surface area contributed by atoms with Gasteiger partial charge >= 0.3 is 0 Å². The lowest BCUT2D eigenvalue weighted by atomic mass is 9.96. The molecule has 7 heteroatoms. The van der Waals surface area contributed by atoms with Gasteiger partial charge in [-0.2, -0.15) is 5.10 Å². The van der Waals surface area contributed by atoms with Gasteiger partial charge in [0.1, 0.15) is 17.8 Å². The minimum atomic E-state index is 0.141. The average molecular weight is 389 g/mol. The molecule has 1 N–H and O–H groups in total. The second-order valence-corrected chi connectivity index (χ2v) is 7.69. The van der Waals surface area contributed by atoms with Crippen LogP contribution >= 0.6 is 0 Å². The number of aryl methyl sites for hydroxylation is 2. The normalized spacial score (nSPS) is 14.3. The highest BCUT2D eigenvalue weighted by molar-refractivity contribution is 5.89. The van der Waals surface area contributed by atoms with Crippen molar-refractivity contribution in [3.05, 3.63) is 54.2 Å². The van der Waals surface area contributed by atoms with Gasteiger partial charge in [-0.25, -0.2) is 9.97 Å². The maximum absolute atomic E-state index is 10.8. The maximum Gasteiger partial charge on any atom is 0.230 e. The van der Waals surface area contributed by atoms with E-state index in [1.807, 2.05) is 31.0 Å². The molecule has 0 amide bonds. The maximum atomic E-state index is 10.8. The SMILES string of the molecule is Cc1nn(C)cc1-c1ccc(Cn2cc3ncnc(OC4CCC4)c3c2O)cc1. The molecule has 0 bridgehead atoms. The first-order valence-corrected chi connectivity index (χ1v) is 9.87. The average Bonchev–Trinajstić information content (AvgIpc) is 3.18. The van der Waals surface area contributed by atoms with E-state index in [0.29, 0.717) is 23.3 Å².